The van der Waals surface area contributed by atoms with E-state index in [1.165, 1.54) is 12.1 Å². The van der Waals surface area contributed by atoms with Crippen LogP contribution in [-0.2, 0) is 13.7 Å². The maximum absolute atomic E-state index is 13.1. The van der Waals surface area contributed by atoms with Crippen LogP contribution in [0.4, 0.5) is 4.39 Å². The third-order valence-electron chi connectivity index (χ3n) is 3.23. The summed E-state index contributed by atoms with van der Waals surface area (Å²) in [7, 11) is 1.96. The molecule has 0 saturated carbocycles. The number of hydrogen-bond donors (Lipinski definition) is 0. The number of aryl methyl sites for hydroxylation is 1. The lowest BCUT2D eigenvalue weighted by Gasteiger charge is -2.05. The van der Waals surface area contributed by atoms with Gasteiger partial charge in [-0.15, -0.1) is 0 Å². The van der Waals surface area contributed by atoms with Crippen LogP contribution in [0.25, 0.3) is 10.9 Å². The Morgan fingerprint density at radius 3 is 2.85 bits per heavy atom. The number of aromatic nitrogens is 1. The van der Waals surface area contributed by atoms with Gasteiger partial charge in [-0.25, -0.2) is 4.39 Å². The Hall–Kier alpha value is -2.00. The topological polar surface area (TPSA) is 14.2 Å². The fraction of sp³-hybridized carbons (Fsp3) is 0.125. The van der Waals surface area contributed by atoms with Crippen molar-refractivity contribution < 1.29 is 9.13 Å². The van der Waals surface area contributed by atoms with Crippen molar-refractivity contribution in [1.82, 2.24) is 4.57 Å². The van der Waals surface area contributed by atoms with Crippen molar-refractivity contribution in [3.63, 3.8) is 0 Å². The number of hydrogen-bond acceptors (Lipinski definition) is 1. The molecule has 0 aliphatic rings. The molecule has 0 bridgehead atoms. The fourth-order valence-electron chi connectivity index (χ4n) is 2.27. The Balaban J connectivity index is 1.88. The molecule has 4 heteroatoms. The highest BCUT2D eigenvalue weighted by atomic mass is 35.5. The first-order valence-electron chi connectivity index (χ1n) is 6.25. The average Bonchev–Trinajstić information content (AvgIpc) is 2.73. The zero-order valence-electron chi connectivity index (χ0n) is 10.9. The molecule has 0 N–H and O–H groups in total. The second-order valence-electron chi connectivity index (χ2n) is 4.67. The zero-order chi connectivity index (χ0) is 14.1. The van der Waals surface area contributed by atoms with Crippen LogP contribution in [0.3, 0.4) is 0 Å². The van der Waals surface area contributed by atoms with Crippen LogP contribution in [0.2, 0.25) is 5.02 Å². The van der Waals surface area contributed by atoms with Crippen LogP contribution in [0, 0.1) is 5.82 Å². The van der Waals surface area contributed by atoms with Crippen molar-refractivity contribution in [3.8, 4) is 5.75 Å². The first-order chi connectivity index (χ1) is 9.63. The fourth-order valence-corrected chi connectivity index (χ4v) is 2.44. The minimum absolute atomic E-state index is 0.299. The Bertz CT molecular complexity index is 766. The molecule has 0 saturated heterocycles. The van der Waals surface area contributed by atoms with Gasteiger partial charge in [0, 0.05) is 40.8 Å². The van der Waals surface area contributed by atoms with Crippen molar-refractivity contribution >= 4 is 22.5 Å². The molecule has 0 radical (unpaired) electrons. The normalized spacial score (nSPS) is 10.9. The van der Waals surface area contributed by atoms with Crippen LogP contribution in [0.1, 0.15) is 5.56 Å². The standard InChI is InChI=1S/C16H13ClFNO/c1-19-9-11(15-6-5-12(17)7-16(15)19)10-20-14-4-2-3-13(18)8-14/h2-9H,10H2,1H3. The molecule has 3 rings (SSSR count). The molecule has 3 aromatic rings. The first-order valence-corrected chi connectivity index (χ1v) is 6.63. The van der Waals surface area contributed by atoms with Crippen molar-refractivity contribution in [2.24, 2.45) is 7.05 Å². The molecule has 1 heterocycles. The van der Waals surface area contributed by atoms with E-state index in [2.05, 4.69) is 0 Å². The molecule has 1 aromatic heterocycles. The average molecular weight is 290 g/mol. The SMILES string of the molecule is Cn1cc(COc2cccc(F)c2)c2ccc(Cl)cc21. The molecule has 0 amide bonds. The summed E-state index contributed by atoms with van der Waals surface area (Å²) in [4.78, 5) is 0. The summed E-state index contributed by atoms with van der Waals surface area (Å²) in [6.07, 6.45) is 2.00. The van der Waals surface area contributed by atoms with E-state index in [9.17, 15) is 4.39 Å². The molecular formula is C16H13ClFNO. The van der Waals surface area contributed by atoms with Crippen LogP contribution >= 0.6 is 11.6 Å². The Morgan fingerprint density at radius 2 is 2.05 bits per heavy atom. The molecule has 0 fully saturated rings. The van der Waals surface area contributed by atoms with E-state index < -0.39 is 0 Å². The molecule has 0 atom stereocenters. The van der Waals surface area contributed by atoms with Gasteiger partial charge in [0.2, 0.25) is 0 Å². The van der Waals surface area contributed by atoms with E-state index in [4.69, 9.17) is 16.3 Å². The number of fused-ring (bicyclic) bond motifs is 1. The number of rotatable bonds is 3. The lowest BCUT2D eigenvalue weighted by atomic mass is 10.2. The minimum Gasteiger partial charge on any atom is -0.489 e. The summed E-state index contributed by atoms with van der Waals surface area (Å²) in [5, 5.41) is 1.80. The molecule has 0 spiro atoms. The number of halogens is 2. The van der Waals surface area contributed by atoms with Gasteiger partial charge in [-0.2, -0.15) is 0 Å². The van der Waals surface area contributed by atoms with Crippen LogP contribution in [0.5, 0.6) is 5.75 Å². The van der Waals surface area contributed by atoms with Gasteiger partial charge >= 0.3 is 0 Å². The lowest BCUT2D eigenvalue weighted by Crippen LogP contribution is -1.94. The summed E-state index contributed by atoms with van der Waals surface area (Å²) in [5.41, 5.74) is 2.10. The maximum Gasteiger partial charge on any atom is 0.126 e. The lowest BCUT2D eigenvalue weighted by molar-refractivity contribution is 0.306. The molecule has 0 unspecified atom stereocenters. The van der Waals surface area contributed by atoms with E-state index in [0.717, 1.165) is 16.5 Å². The Labute approximate surface area is 121 Å². The third-order valence-corrected chi connectivity index (χ3v) is 3.46. The third kappa shape index (κ3) is 2.49. The van der Waals surface area contributed by atoms with E-state index in [0.29, 0.717) is 17.4 Å². The Kier molecular flexibility index (Phi) is 3.36. The minimum atomic E-state index is -0.299. The summed E-state index contributed by atoms with van der Waals surface area (Å²) >= 11 is 6.00. The summed E-state index contributed by atoms with van der Waals surface area (Å²) in [6.45, 7) is 0.391. The highest BCUT2D eigenvalue weighted by molar-refractivity contribution is 6.31. The van der Waals surface area contributed by atoms with E-state index in [1.807, 2.05) is 36.0 Å². The highest BCUT2D eigenvalue weighted by Gasteiger charge is 2.08. The molecule has 2 aromatic carbocycles. The van der Waals surface area contributed by atoms with E-state index >= 15 is 0 Å². The maximum atomic E-state index is 13.1. The van der Waals surface area contributed by atoms with E-state index in [1.54, 1.807) is 12.1 Å². The van der Waals surface area contributed by atoms with E-state index in [-0.39, 0.29) is 5.82 Å². The molecule has 102 valence electrons. The van der Waals surface area contributed by atoms with Gasteiger partial charge in [-0.3, -0.25) is 0 Å². The van der Waals surface area contributed by atoms with Gasteiger partial charge in [0.1, 0.15) is 18.2 Å². The largest absolute Gasteiger partial charge is 0.489 e. The Morgan fingerprint density at radius 1 is 1.20 bits per heavy atom. The summed E-state index contributed by atoms with van der Waals surface area (Å²) in [6, 6.07) is 11.9. The second kappa shape index (κ2) is 5.17. The number of benzene rings is 2. The zero-order valence-corrected chi connectivity index (χ0v) is 11.7. The second-order valence-corrected chi connectivity index (χ2v) is 5.11. The van der Waals surface area contributed by atoms with Gasteiger partial charge in [-0.05, 0) is 24.3 Å². The summed E-state index contributed by atoms with van der Waals surface area (Å²) in [5.74, 6) is 0.225. The molecule has 0 aliphatic carbocycles. The van der Waals surface area contributed by atoms with Gasteiger partial charge < -0.3 is 9.30 Å². The molecule has 2 nitrogen and oxygen atoms in total. The smallest absolute Gasteiger partial charge is 0.126 e. The predicted molar refractivity (Wildman–Crippen MR) is 78.7 cm³/mol. The number of nitrogens with zero attached hydrogens (tertiary/aromatic N) is 1. The quantitative estimate of drug-likeness (QED) is 0.690. The van der Waals surface area contributed by atoms with Gasteiger partial charge in [0.15, 0.2) is 0 Å². The van der Waals surface area contributed by atoms with Crippen molar-refractivity contribution in [1.29, 1.82) is 0 Å². The predicted octanol–water partition coefficient (Wildman–Crippen LogP) is 4.55. The first kappa shape index (κ1) is 13.0. The van der Waals surface area contributed by atoms with Crippen molar-refractivity contribution in [2.75, 3.05) is 0 Å². The highest BCUT2D eigenvalue weighted by Crippen LogP contribution is 2.25. The van der Waals surface area contributed by atoms with Crippen LogP contribution in [0.15, 0.2) is 48.7 Å². The van der Waals surface area contributed by atoms with Gasteiger partial charge in [-0.1, -0.05) is 23.7 Å². The van der Waals surface area contributed by atoms with Crippen LogP contribution in [-0.4, -0.2) is 4.57 Å². The number of ether oxygens (including phenoxy) is 1. The molecule has 0 aliphatic heterocycles. The van der Waals surface area contributed by atoms with Crippen molar-refractivity contribution in [3.05, 3.63) is 65.1 Å². The van der Waals surface area contributed by atoms with Gasteiger partial charge in [0.25, 0.3) is 0 Å². The molecule has 20 heavy (non-hydrogen) atoms. The van der Waals surface area contributed by atoms with Crippen LogP contribution < -0.4 is 4.74 Å². The van der Waals surface area contributed by atoms with Crippen molar-refractivity contribution in [2.45, 2.75) is 6.61 Å². The molecular weight excluding hydrogens is 277 g/mol. The van der Waals surface area contributed by atoms with Gasteiger partial charge in [0.05, 0.1) is 0 Å². The monoisotopic (exact) mass is 289 g/mol. The summed E-state index contributed by atoms with van der Waals surface area (Å²) < 4.78 is 20.7.